The van der Waals surface area contributed by atoms with Gasteiger partial charge < -0.3 is 10.4 Å². The summed E-state index contributed by atoms with van der Waals surface area (Å²) in [5, 5.41) is 14.7. The molecule has 0 fully saturated rings. The fraction of sp³-hybridized carbons (Fsp3) is 0.250. The quantitative estimate of drug-likeness (QED) is 0.743. The van der Waals surface area contributed by atoms with Gasteiger partial charge in [0, 0.05) is 9.58 Å². The summed E-state index contributed by atoms with van der Waals surface area (Å²) >= 11 is 1.56. The van der Waals surface area contributed by atoms with Gasteiger partial charge in [0.25, 0.3) is 0 Å². The Morgan fingerprint density at radius 2 is 1.96 bits per heavy atom. The number of aryl methyl sites for hydroxylation is 1. The molecule has 3 rings (SSSR count). The lowest BCUT2D eigenvalue weighted by Gasteiger charge is -2.22. The van der Waals surface area contributed by atoms with Crippen molar-refractivity contribution >= 4 is 27.3 Å². The molecule has 0 aliphatic rings. The minimum atomic E-state index is -1.08. The first kappa shape index (κ1) is 16.7. The molecule has 0 aliphatic heterocycles. The van der Waals surface area contributed by atoms with E-state index in [1.54, 1.807) is 18.3 Å². The Labute approximate surface area is 146 Å². The zero-order valence-electron chi connectivity index (χ0n) is 13.9. The zero-order chi connectivity index (χ0) is 17.2. The molecule has 124 valence electrons. The average Bonchev–Trinajstić information content (AvgIpc) is 2.98. The number of carbonyl (C=O) groups excluding carboxylic acids is 1. The molecule has 1 aromatic heterocycles. The summed E-state index contributed by atoms with van der Waals surface area (Å²) in [7, 11) is 0. The number of aliphatic hydroxyl groups is 1. The number of hydrogen-bond acceptors (Lipinski definition) is 3. The number of nitrogens with one attached hydrogen (secondary N) is 1. The largest absolute Gasteiger partial charge is 0.383 e. The maximum atomic E-state index is 12.2. The van der Waals surface area contributed by atoms with Crippen molar-refractivity contribution in [2.75, 3.05) is 6.54 Å². The maximum Gasteiger partial charge on any atom is 0.224 e. The number of fused-ring (bicyclic) bond motifs is 1. The van der Waals surface area contributed by atoms with Gasteiger partial charge in [0.1, 0.15) is 5.60 Å². The fourth-order valence-electron chi connectivity index (χ4n) is 2.68. The van der Waals surface area contributed by atoms with Crippen molar-refractivity contribution in [3.63, 3.8) is 0 Å². The Morgan fingerprint density at radius 1 is 1.17 bits per heavy atom. The lowest BCUT2D eigenvalue weighted by molar-refractivity contribution is -0.121. The molecule has 0 saturated heterocycles. The van der Waals surface area contributed by atoms with E-state index in [0.717, 1.165) is 26.1 Å². The van der Waals surface area contributed by atoms with E-state index in [0.29, 0.717) is 6.42 Å². The van der Waals surface area contributed by atoms with Crippen molar-refractivity contribution in [1.29, 1.82) is 0 Å². The summed E-state index contributed by atoms with van der Waals surface area (Å²) in [6.07, 6.45) is 0.324. The van der Waals surface area contributed by atoms with E-state index in [4.69, 9.17) is 0 Å². The van der Waals surface area contributed by atoms with Crippen molar-refractivity contribution in [3.05, 3.63) is 70.6 Å². The maximum absolute atomic E-state index is 12.2. The first-order valence-electron chi connectivity index (χ1n) is 7.98. The minimum Gasteiger partial charge on any atom is -0.383 e. The van der Waals surface area contributed by atoms with Crippen molar-refractivity contribution in [3.8, 4) is 0 Å². The summed E-state index contributed by atoms with van der Waals surface area (Å²) < 4.78 is 1.14. The highest BCUT2D eigenvalue weighted by Gasteiger charge is 2.26. The van der Waals surface area contributed by atoms with E-state index >= 15 is 0 Å². The Bertz CT molecular complexity index is 834. The van der Waals surface area contributed by atoms with E-state index in [1.807, 2.05) is 61.5 Å². The first-order chi connectivity index (χ1) is 11.4. The average molecular weight is 339 g/mol. The van der Waals surface area contributed by atoms with Gasteiger partial charge in [-0.25, -0.2) is 0 Å². The lowest BCUT2D eigenvalue weighted by Crippen LogP contribution is -2.38. The number of benzene rings is 2. The molecule has 1 amide bonds. The third-order valence-electron chi connectivity index (χ3n) is 4.03. The Hall–Kier alpha value is -2.17. The van der Waals surface area contributed by atoms with Crippen molar-refractivity contribution in [2.24, 2.45) is 0 Å². The molecule has 0 saturated carbocycles. The highest BCUT2D eigenvalue weighted by molar-refractivity contribution is 7.19. The van der Waals surface area contributed by atoms with E-state index in [1.165, 1.54) is 0 Å². The lowest BCUT2D eigenvalue weighted by atomic mass is 10.0. The van der Waals surface area contributed by atoms with Gasteiger partial charge in [-0.15, -0.1) is 11.3 Å². The van der Waals surface area contributed by atoms with Crippen LogP contribution >= 0.6 is 11.3 Å². The van der Waals surface area contributed by atoms with Gasteiger partial charge in [-0.3, -0.25) is 4.79 Å². The van der Waals surface area contributed by atoms with Crippen LogP contribution in [0.2, 0.25) is 0 Å². The van der Waals surface area contributed by atoms with Crippen LogP contribution in [-0.4, -0.2) is 17.6 Å². The molecular weight excluding hydrogens is 318 g/mol. The normalized spacial score (nSPS) is 13.6. The summed E-state index contributed by atoms with van der Waals surface area (Å²) in [6.45, 7) is 3.95. The summed E-state index contributed by atoms with van der Waals surface area (Å²) in [5.74, 6) is -0.0815. The summed E-state index contributed by atoms with van der Waals surface area (Å²) in [6, 6.07) is 17.9. The van der Waals surface area contributed by atoms with Crippen molar-refractivity contribution in [1.82, 2.24) is 5.32 Å². The van der Waals surface area contributed by atoms with Crippen LogP contribution in [0.25, 0.3) is 10.1 Å². The van der Waals surface area contributed by atoms with E-state index < -0.39 is 5.60 Å². The molecule has 1 heterocycles. The highest BCUT2D eigenvalue weighted by atomic mass is 32.1. The Morgan fingerprint density at radius 3 is 2.71 bits per heavy atom. The predicted octanol–water partition coefficient (Wildman–Crippen LogP) is 3.78. The molecule has 1 atom stereocenters. The van der Waals surface area contributed by atoms with Gasteiger partial charge in [-0.2, -0.15) is 0 Å². The molecule has 3 nitrogen and oxygen atoms in total. The Balaban J connectivity index is 1.64. The van der Waals surface area contributed by atoms with Crippen LogP contribution in [0.4, 0.5) is 0 Å². The van der Waals surface area contributed by atoms with Gasteiger partial charge in [0.05, 0.1) is 13.0 Å². The molecule has 1 unspecified atom stereocenters. The third kappa shape index (κ3) is 3.83. The second-order valence-corrected chi connectivity index (χ2v) is 7.45. The van der Waals surface area contributed by atoms with Crippen LogP contribution in [0.15, 0.2) is 54.6 Å². The second kappa shape index (κ2) is 6.75. The molecule has 2 aromatic carbocycles. The van der Waals surface area contributed by atoms with Gasteiger partial charge >= 0.3 is 0 Å². The molecule has 3 aromatic rings. The summed E-state index contributed by atoms with van der Waals surface area (Å²) in [4.78, 5) is 13.0. The smallest absolute Gasteiger partial charge is 0.224 e. The number of amides is 1. The molecule has 0 radical (unpaired) electrons. The van der Waals surface area contributed by atoms with Crippen LogP contribution in [0.1, 0.15) is 22.9 Å². The van der Waals surface area contributed by atoms with Gasteiger partial charge in [-0.05, 0) is 36.9 Å². The van der Waals surface area contributed by atoms with Gasteiger partial charge in [0.15, 0.2) is 0 Å². The molecule has 0 aliphatic carbocycles. The summed E-state index contributed by atoms with van der Waals surface area (Å²) in [5.41, 5.74) is 1.04. The van der Waals surface area contributed by atoms with E-state index in [9.17, 15) is 9.90 Å². The van der Waals surface area contributed by atoms with E-state index in [-0.39, 0.29) is 12.5 Å². The molecule has 0 bridgehead atoms. The predicted molar refractivity (Wildman–Crippen MR) is 99.3 cm³/mol. The van der Waals surface area contributed by atoms with Crippen LogP contribution in [0, 0.1) is 6.92 Å². The molecular formula is C20H21NO2S. The van der Waals surface area contributed by atoms with Gasteiger partial charge in [-0.1, -0.05) is 48.0 Å². The first-order valence-corrected chi connectivity index (χ1v) is 8.79. The van der Waals surface area contributed by atoms with Crippen LogP contribution in [-0.2, 0) is 16.8 Å². The number of thiophene rings is 1. The fourth-order valence-corrected chi connectivity index (χ4v) is 3.78. The minimum absolute atomic E-state index is 0.0815. The topological polar surface area (TPSA) is 49.3 Å². The molecule has 0 spiro atoms. The van der Waals surface area contributed by atoms with Crippen molar-refractivity contribution < 1.29 is 9.90 Å². The van der Waals surface area contributed by atoms with Crippen molar-refractivity contribution in [2.45, 2.75) is 25.9 Å². The molecule has 2 N–H and O–H groups in total. The van der Waals surface area contributed by atoms with Crippen LogP contribution in [0.3, 0.4) is 0 Å². The van der Waals surface area contributed by atoms with Crippen LogP contribution < -0.4 is 5.32 Å². The zero-order valence-corrected chi connectivity index (χ0v) is 14.7. The number of rotatable bonds is 5. The van der Waals surface area contributed by atoms with E-state index in [2.05, 4.69) is 5.32 Å². The standard InChI is InChI=1S/C20H21NO2S/c1-14-6-5-7-15(10-14)11-19(22)21-13-20(2,23)18-12-16-8-3-4-9-17(16)24-18/h3-10,12,23H,11,13H2,1-2H3,(H,21,22). The monoisotopic (exact) mass is 339 g/mol. The Kier molecular flexibility index (Phi) is 4.69. The third-order valence-corrected chi connectivity index (χ3v) is 5.40. The number of carbonyl (C=O) groups is 1. The number of hydrogen-bond donors (Lipinski definition) is 2. The van der Waals surface area contributed by atoms with Gasteiger partial charge in [0.2, 0.25) is 5.91 Å². The van der Waals surface area contributed by atoms with Crippen LogP contribution in [0.5, 0.6) is 0 Å². The second-order valence-electron chi connectivity index (χ2n) is 6.36. The molecule has 4 heteroatoms. The molecule has 24 heavy (non-hydrogen) atoms. The highest BCUT2D eigenvalue weighted by Crippen LogP contribution is 2.32. The SMILES string of the molecule is Cc1cccc(CC(=O)NCC(C)(O)c2cc3ccccc3s2)c1.